The van der Waals surface area contributed by atoms with Crippen molar-refractivity contribution in [1.82, 2.24) is 10.2 Å². The number of rotatable bonds is 6. The van der Waals surface area contributed by atoms with Crippen molar-refractivity contribution in [1.29, 1.82) is 0 Å². The molecule has 3 aliphatic rings. The van der Waals surface area contributed by atoms with E-state index >= 15 is 0 Å². The minimum absolute atomic E-state index is 0.120. The minimum atomic E-state index is -1.11. The number of fused-ring (bicyclic) bond motifs is 1. The van der Waals surface area contributed by atoms with E-state index in [0.717, 1.165) is 30.6 Å². The number of esters is 1. The van der Waals surface area contributed by atoms with E-state index in [1.54, 1.807) is 24.3 Å². The SMILES string of the molecule is C[C@@H](C(=O)O[C@@H](C(=O)NC1CC1)c1ccccc1)N1C(=O)[C@H]2CCCC[C@H]2C1=O. The second-order valence-electron chi connectivity index (χ2n) is 8.23. The van der Waals surface area contributed by atoms with E-state index in [1.165, 1.54) is 6.92 Å². The Morgan fingerprint density at radius 1 is 1.00 bits per heavy atom. The number of amides is 3. The predicted molar refractivity (Wildman–Crippen MR) is 103 cm³/mol. The summed E-state index contributed by atoms with van der Waals surface area (Å²) in [7, 11) is 0. The Morgan fingerprint density at radius 3 is 2.14 bits per heavy atom. The van der Waals surface area contributed by atoms with Crippen LogP contribution in [-0.4, -0.2) is 40.7 Å². The molecule has 154 valence electrons. The molecule has 4 rings (SSSR count). The Bertz CT molecular complexity index is 796. The maximum absolute atomic E-state index is 12.9. The molecular weight excluding hydrogens is 372 g/mol. The van der Waals surface area contributed by atoms with Crippen molar-refractivity contribution >= 4 is 23.7 Å². The molecule has 1 aliphatic heterocycles. The number of carbonyl (C=O) groups is 4. The maximum Gasteiger partial charge on any atom is 0.330 e. The van der Waals surface area contributed by atoms with Crippen molar-refractivity contribution in [3.05, 3.63) is 35.9 Å². The van der Waals surface area contributed by atoms with Gasteiger partial charge in [-0.15, -0.1) is 0 Å². The summed E-state index contributed by atoms with van der Waals surface area (Å²) in [5.74, 6) is -2.35. The number of benzene rings is 1. The lowest BCUT2D eigenvalue weighted by Gasteiger charge is -2.24. The van der Waals surface area contributed by atoms with Crippen LogP contribution in [0.25, 0.3) is 0 Å². The summed E-state index contributed by atoms with van der Waals surface area (Å²) in [6.45, 7) is 1.50. The molecule has 0 unspecified atom stereocenters. The molecule has 1 aromatic rings. The maximum atomic E-state index is 12.9. The molecule has 1 saturated heterocycles. The molecule has 0 bridgehead atoms. The number of imide groups is 1. The monoisotopic (exact) mass is 398 g/mol. The summed E-state index contributed by atoms with van der Waals surface area (Å²) in [5, 5.41) is 2.86. The first-order valence-corrected chi connectivity index (χ1v) is 10.4. The lowest BCUT2D eigenvalue weighted by molar-refractivity contribution is -0.165. The van der Waals surface area contributed by atoms with Crippen LogP contribution >= 0.6 is 0 Å². The number of nitrogens with zero attached hydrogens (tertiary/aromatic N) is 1. The molecule has 3 fully saturated rings. The van der Waals surface area contributed by atoms with Crippen LogP contribution in [0.3, 0.4) is 0 Å². The molecule has 29 heavy (non-hydrogen) atoms. The number of hydrogen-bond acceptors (Lipinski definition) is 5. The third-order valence-electron chi connectivity index (χ3n) is 6.10. The van der Waals surface area contributed by atoms with Gasteiger partial charge in [-0.3, -0.25) is 19.3 Å². The Kier molecular flexibility index (Phi) is 5.39. The van der Waals surface area contributed by atoms with Gasteiger partial charge in [-0.05, 0) is 32.6 Å². The first-order valence-electron chi connectivity index (χ1n) is 10.4. The molecule has 1 N–H and O–H groups in total. The zero-order chi connectivity index (χ0) is 20.5. The predicted octanol–water partition coefficient (Wildman–Crippen LogP) is 2.11. The molecule has 7 heteroatoms. The number of hydrogen-bond donors (Lipinski definition) is 1. The normalized spacial score (nSPS) is 25.9. The Balaban J connectivity index is 1.50. The largest absolute Gasteiger partial charge is 0.446 e. The van der Waals surface area contributed by atoms with Gasteiger partial charge in [0.1, 0.15) is 6.04 Å². The van der Waals surface area contributed by atoms with Gasteiger partial charge in [-0.2, -0.15) is 0 Å². The summed E-state index contributed by atoms with van der Waals surface area (Å²) in [4.78, 5) is 52.1. The van der Waals surface area contributed by atoms with Crippen LogP contribution in [0.15, 0.2) is 30.3 Å². The Hall–Kier alpha value is -2.70. The van der Waals surface area contributed by atoms with E-state index in [2.05, 4.69) is 5.32 Å². The number of nitrogens with one attached hydrogen (secondary N) is 1. The molecule has 2 saturated carbocycles. The van der Waals surface area contributed by atoms with Gasteiger partial charge in [0.05, 0.1) is 11.8 Å². The number of ether oxygens (including phenoxy) is 1. The first-order chi connectivity index (χ1) is 14.0. The molecule has 4 atom stereocenters. The van der Waals surface area contributed by atoms with Gasteiger partial charge in [0, 0.05) is 11.6 Å². The highest BCUT2D eigenvalue weighted by Gasteiger charge is 2.51. The standard InChI is InChI=1S/C22H26N2O5/c1-13(24-20(26)16-9-5-6-10-17(16)21(24)27)22(28)29-18(14-7-3-2-4-8-14)19(25)23-15-11-12-15/h2-4,7-8,13,15-18H,5-6,9-12H2,1H3,(H,23,25)/t13-,16-,17+,18+/m0/s1. The highest BCUT2D eigenvalue weighted by molar-refractivity contribution is 6.07. The van der Waals surface area contributed by atoms with Crippen LogP contribution in [0, 0.1) is 11.8 Å². The zero-order valence-electron chi connectivity index (χ0n) is 16.5. The van der Waals surface area contributed by atoms with Crippen molar-refractivity contribution < 1.29 is 23.9 Å². The minimum Gasteiger partial charge on any atom is -0.446 e. The molecule has 0 spiro atoms. The number of likely N-dealkylation sites (tertiary alicyclic amines) is 1. The van der Waals surface area contributed by atoms with Crippen molar-refractivity contribution in [2.45, 2.75) is 63.6 Å². The highest BCUT2D eigenvalue weighted by atomic mass is 16.5. The van der Waals surface area contributed by atoms with E-state index in [-0.39, 0.29) is 35.6 Å². The molecule has 1 heterocycles. The lowest BCUT2D eigenvalue weighted by Crippen LogP contribution is -2.45. The fourth-order valence-electron chi connectivity index (χ4n) is 4.30. The van der Waals surface area contributed by atoms with Crippen molar-refractivity contribution in [3.63, 3.8) is 0 Å². The fraction of sp³-hybridized carbons (Fsp3) is 0.545. The van der Waals surface area contributed by atoms with Crippen LogP contribution in [0.1, 0.15) is 57.1 Å². The fourth-order valence-corrected chi connectivity index (χ4v) is 4.30. The van der Waals surface area contributed by atoms with Gasteiger partial charge in [-0.25, -0.2) is 4.79 Å². The van der Waals surface area contributed by atoms with E-state index in [1.807, 2.05) is 6.07 Å². The topological polar surface area (TPSA) is 92.8 Å². The molecule has 7 nitrogen and oxygen atoms in total. The van der Waals surface area contributed by atoms with Crippen LogP contribution in [0.2, 0.25) is 0 Å². The van der Waals surface area contributed by atoms with Gasteiger partial charge < -0.3 is 10.1 Å². The summed E-state index contributed by atoms with van der Waals surface area (Å²) in [6.07, 6.45) is 3.93. The molecule has 3 amide bonds. The second-order valence-corrected chi connectivity index (χ2v) is 8.23. The first kappa shape index (κ1) is 19.6. The Labute approximate surface area is 169 Å². The molecule has 1 aromatic carbocycles. The van der Waals surface area contributed by atoms with E-state index in [4.69, 9.17) is 4.74 Å². The quantitative estimate of drug-likeness (QED) is 0.585. The van der Waals surface area contributed by atoms with E-state index < -0.39 is 18.1 Å². The second kappa shape index (κ2) is 7.97. The van der Waals surface area contributed by atoms with Crippen molar-refractivity contribution in [2.24, 2.45) is 11.8 Å². The average Bonchev–Trinajstić information content (AvgIpc) is 3.51. The van der Waals surface area contributed by atoms with Crippen LogP contribution in [0.4, 0.5) is 0 Å². The summed E-state index contributed by atoms with van der Waals surface area (Å²) in [5.41, 5.74) is 0.555. The van der Waals surface area contributed by atoms with E-state index in [9.17, 15) is 19.2 Å². The molecule has 0 radical (unpaired) electrons. The third kappa shape index (κ3) is 3.91. The zero-order valence-corrected chi connectivity index (χ0v) is 16.5. The summed E-state index contributed by atoms with van der Waals surface area (Å²) >= 11 is 0. The molecular formula is C22H26N2O5. The van der Waals surface area contributed by atoms with Crippen LogP contribution < -0.4 is 5.32 Å². The number of carbonyl (C=O) groups excluding carboxylic acids is 4. The van der Waals surface area contributed by atoms with E-state index in [0.29, 0.717) is 18.4 Å². The lowest BCUT2D eigenvalue weighted by atomic mass is 9.81. The Morgan fingerprint density at radius 2 is 1.59 bits per heavy atom. The molecule has 0 aromatic heterocycles. The van der Waals surface area contributed by atoms with Gasteiger partial charge in [0.15, 0.2) is 0 Å². The summed E-state index contributed by atoms with van der Waals surface area (Å²) in [6, 6.07) is 7.85. The van der Waals surface area contributed by atoms with Crippen molar-refractivity contribution in [2.75, 3.05) is 0 Å². The third-order valence-corrected chi connectivity index (χ3v) is 6.10. The van der Waals surface area contributed by atoms with Crippen molar-refractivity contribution in [3.8, 4) is 0 Å². The van der Waals surface area contributed by atoms with Crippen LogP contribution in [0.5, 0.6) is 0 Å². The molecule has 2 aliphatic carbocycles. The van der Waals surface area contributed by atoms with Gasteiger partial charge in [0.25, 0.3) is 5.91 Å². The van der Waals surface area contributed by atoms with Gasteiger partial charge in [-0.1, -0.05) is 43.2 Å². The summed E-state index contributed by atoms with van der Waals surface area (Å²) < 4.78 is 5.55. The smallest absolute Gasteiger partial charge is 0.330 e. The average molecular weight is 398 g/mol. The van der Waals surface area contributed by atoms with Crippen LogP contribution in [-0.2, 0) is 23.9 Å². The van der Waals surface area contributed by atoms with Gasteiger partial charge in [0.2, 0.25) is 17.9 Å². The van der Waals surface area contributed by atoms with Gasteiger partial charge >= 0.3 is 5.97 Å². The highest BCUT2D eigenvalue weighted by Crippen LogP contribution is 2.39.